The van der Waals surface area contributed by atoms with Crippen LogP contribution >= 0.6 is 0 Å². The Hall–Kier alpha value is -2.18. The predicted molar refractivity (Wildman–Crippen MR) is 126 cm³/mol. The van der Waals surface area contributed by atoms with Gasteiger partial charge in [0.15, 0.2) is 0 Å². The van der Waals surface area contributed by atoms with Gasteiger partial charge in [0, 0.05) is 34.1 Å². The quantitative estimate of drug-likeness (QED) is 0.326. The van der Waals surface area contributed by atoms with E-state index in [0.717, 1.165) is 5.82 Å². The second-order valence-corrected chi connectivity index (χ2v) is 14.0. The van der Waals surface area contributed by atoms with Crippen molar-refractivity contribution >= 4 is 39.4 Å². The highest BCUT2D eigenvalue weighted by atomic mass is 28.3. The molecule has 0 saturated heterocycles. The van der Waals surface area contributed by atoms with Crippen LogP contribution in [-0.4, -0.2) is 27.1 Å². The first-order valence-corrected chi connectivity index (χ1v) is 15.5. The molecule has 0 amide bonds. The van der Waals surface area contributed by atoms with Gasteiger partial charge in [-0.3, -0.25) is 4.57 Å². The number of fused-ring (bicyclic) bond motifs is 3. The largest absolute Gasteiger partial charge is 0.294 e. The van der Waals surface area contributed by atoms with E-state index in [0.29, 0.717) is 5.92 Å². The second-order valence-electron chi connectivity index (χ2n) is 8.31. The fourth-order valence-electron chi connectivity index (χ4n) is 4.23. The van der Waals surface area contributed by atoms with Crippen molar-refractivity contribution in [2.75, 3.05) is 0 Å². The first kappa shape index (κ1) is 19.2. The molecule has 0 aliphatic carbocycles. The third-order valence-corrected chi connectivity index (χ3v) is 7.91. The summed E-state index contributed by atoms with van der Waals surface area (Å²) in [4.78, 5) is 5.22. The molecule has 0 N–H and O–H groups in total. The number of pyridine rings is 1. The zero-order chi connectivity index (χ0) is 19.7. The summed E-state index contributed by atoms with van der Waals surface area (Å²) in [5, 5.41) is 2.59. The first-order valence-electron chi connectivity index (χ1n) is 10.1. The molecule has 2 aromatic carbocycles. The second kappa shape index (κ2) is 8.05. The normalized spacial score (nSPS) is 12.1. The Kier molecular flexibility index (Phi) is 5.51. The van der Waals surface area contributed by atoms with Gasteiger partial charge in [0.2, 0.25) is 0 Å². The lowest BCUT2D eigenvalue weighted by molar-refractivity contribution is 0.795. The Morgan fingerprint density at radius 3 is 1.79 bits per heavy atom. The van der Waals surface area contributed by atoms with Crippen LogP contribution in [0.5, 0.6) is 0 Å². The summed E-state index contributed by atoms with van der Waals surface area (Å²) in [6.45, 7) is 9.69. The van der Waals surface area contributed by atoms with Crippen LogP contribution in [0.25, 0.3) is 27.6 Å². The van der Waals surface area contributed by atoms with Crippen molar-refractivity contribution in [3.63, 3.8) is 0 Å². The van der Waals surface area contributed by atoms with E-state index in [2.05, 4.69) is 97.5 Å². The highest BCUT2D eigenvalue weighted by Crippen LogP contribution is 2.32. The molecule has 0 unspecified atom stereocenters. The molecule has 28 heavy (non-hydrogen) atoms. The molecule has 4 aromatic rings. The highest BCUT2D eigenvalue weighted by molar-refractivity contribution is 6.57. The highest BCUT2D eigenvalue weighted by Gasteiger charge is 2.19. The van der Waals surface area contributed by atoms with Gasteiger partial charge in [-0.1, -0.05) is 80.7 Å². The fourth-order valence-corrected chi connectivity index (χ4v) is 7.19. The van der Waals surface area contributed by atoms with Crippen molar-refractivity contribution in [3.8, 4) is 5.82 Å². The van der Waals surface area contributed by atoms with Gasteiger partial charge < -0.3 is 0 Å². The Labute approximate surface area is 171 Å². The van der Waals surface area contributed by atoms with Gasteiger partial charge in [0.25, 0.3) is 0 Å². The molecule has 2 aromatic heterocycles. The van der Waals surface area contributed by atoms with Gasteiger partial charge in [-0.2, -0.15) is 0 Å². The molecule has 2 heterocycles. The molecular weight excluding hydrogens is 372 g/mol. The van der Waals surface area contributed by atoms with Crippen molar-refractivity contribution in [2.45, 2.75) is 44.2 Å². The smallest absolute Gasteiger partial charge is 0.137 e. The summed E-state index contributed by atoms with van der Waals surface area (Å²) in [6.07, 6.45) is 0. The van der Waals surface area contributed by atoms with Gasteiger partial charge in [0.05, 0.1) is 11.0 Å². The number of hydrogen-bond donors (Lipinski definition) is 0. The Bertz CT molecular complexity index is 1030. The zero-order valence-electron chi connectivity index (χ0n) is 17.2. The van der Waals surface area contributed by atoms with E-state index in [1.807, 2.05) is 0 Å². The number of benzene rings is 2. The molecule has 2 nitrogen and oxygen atoms in total. The van der Waals surface area contributed by atoms with Gasteiger partial charge in [-0.05, 0) is 30.2 Å². The van der Waals surface area contributed by atoms with Crippen molar-refractivity contribution < 1.29 is 0 Å². The Balaban J connectivity index is 1.87. The third-order valence-electron chi connectivity index (χ3n) is 5.29. The lowest BCUT2D eigenvalue weighted by Gasteiger charge is -2.20. The van der Waals surface area contributed by atoms with Crippen LogP contribution < -0.4 is 0 Å². The lowest BCUT2D eigenvalue weighted by atomic mass is 10.1. The van der Waals surface area contributed by atoms with Crippen molar-refractivity contribution in [3.05, 3.63) is 72.4 Å². The van der Waals surface area contributed by atoms with Gasteiger partial charge >= 0.3 is 0 Å². The zero-order valence-corrected chi connectivity index (χ0v) is 19.2. The summed E-state index contributed by atoms with van der Waals surface area (Å²) in [5.41, 5.74) is 3.74. The van der Waals surface area contributed by atoms with Crippen molar-refractivity contribution in [2.24, 2.45) is 0 Å². The minimum Gasteiger partial charge on any atom is -0.294 e. The Morgan fingerprint density at radius 1 is 0.714 bits per heavy atom. The van der Waals surface area contributed by atoms with E-state index >= 15 is 0 Å². The molecule has 4 rings (SSSR count). The summed E-state index contributed by atoms with van der Waals surface area (Å²) < 4.78 is 2.33. The molecule has 0 fully saturated rings. The molecular formula is C24H28N2Si2. The predicted octanol–water partition coefficient (Wildman–Crippen LogP) is 6.77. The summed E-state index contributed by atoms with van der Waals surface area (Å²) in [5.74, 6) is 1.64. The number of rotatable bonds is 6. The maximum atomic E-state index is 5.22. The van der Waals surface area contributed by atoms with Crippen LogP contribution in [0.3, 0.4) is 0 Å². The van der Waals surface area contributed by atoms with Crippen LogP contribution in [0.15, 0.2) is 66.7 Å². The minimum absolute atomic E-state index is 0.291. The standard InChI is InChI=1S/C24H28N2Si2/c1-27(2)16-18(17-28(3)4)21-12-9-15-24(25-21)26-22-13-7-5-10-19(22)20-11-6-8-14-23(20)26/h5-15,18H,16-17H2,1-4H3. The van der Waals surface area contributed by atoms with E-state index in [4.69, 9.17) is 4.98 Å². The molecule has 0 aliphatic rings. The molecule has 0 bridgehead atoms. The van der Waals surface area contributed by atoms with Crippen LogP contribution in [0, 0.1) is 0 Å². The number of para-hydroxylation sites is 2. The average molecular weight is 401 g/mol. The molecule has 142 valence electrons. The number of hydrogen-bond acceptors (Lipinski definition) is 1. The molecule has 0 saturated carbocycles. The van der Waals surface area contributed by atoms with E-state index in [1.165, 1.54) is 39.6 Å². The molecule has 0 spiro atoms. The van der Waals surface area contributed by atoms with E-state index in [-0.39, 0.29) is 17.6 Å². The fraction of sp³-hybridized carbons (Fsp3) is 0.292. The first-order chi connectivity index (χ1) is 13.5. The van der Waals surface area contributed by atoms with Gasteiger partial charge in [-0.25, -0.2) is 4.98 Å². The van der Waals surface area contributed by atoms with Gasteiger partial charge in [0.1, 0.15) is 5.82 Å². The Morgan fingerprint density at radius 2 is 1.25 bits per heavy atom. The minimum atomic E-state index is -0.291. The maximum Gasteiger partial charge on any atom is 0.137 e. The SMILES string of the molecule is C[Si](C)CC(C[Si](C)C)c1cccc(-n2c3ccccc3c3ccccc32)n1. The third kappa shape index (κ3) is 3.71. The number of nitrogens with zero attached hydrogens (tertiary/aromatic N) is 2. The van der Waals surface area contributed by atoms with Crippen LogP contribution in [0.4, 0.5) is 0 Å². The van der Waals surface area contributed by atoms with E-state index < -0.39 is 0 Å². The molecule has 2 radical (unpaired) electrons. The molecule has 4 heteroatoms. The topological polar surface area (TPSA) is 17.8 Å². The average Bonchev–Trinajstić information content (AvgIpc) is 3.01. The van der Waals surface area contributed by atoms with Crippen LogP contribution in [0.1, 0.15) is 11.6 Å². The maximum absolute atomic E-state index is 5.22. The molecule has 0 aliphatic heterocycles. The monoisotopic (exact) mass is 400 g/mol. The van der Waals surface area contributed by atoms with E-state index in [9.17, 15) is 0 Å². The molecule has 0 atom stereocenters. The lowest BCUT2D eigenvalue weighted by Crippen LogP contribution is -2.15. The van der Waals surface area contributed by atoms with E-state index in [1.54, 1.807) is 0 Å². The van der Waals surface area contributed by atoms with Crippen molar-refractivity contribution in [1.29, 1.82) is 0 Å². The summed E-state index contributed by atoms with van der Waals surface area (Å²) >= 11 is 0. The van der Waals surface area contributed by atoms with Crippen LogP contribution in [-0.2, 0) is 0 Å². The van der Waals surface area contributed by atoms with Crippen molar-refractivity contribution in [1.82, 2.24) is 9.55 Å². The number of aromatic nitrogens is 2. The van der Waals surface area contributed by atoms with Gasteiger partial charge in [-0.15, -0.1) is 0 Å². The summed E-state index contributed by atoms with van der Waals surface area (Å²) in [6, 6.07) is 26.6. The van der Waals surface area contributed by atoms with Crippen LogP contribution in [0.2, 0.25) is 38.3 Å². The summed E-state index contributed by atoms with van der Waals surface area (Å²) in [7, 11) is -0.581.